The molecule has 11 rings (SSSR count). The summed E-state index contributed by atoms with van der Waals surface area (Å²) in [5.74, 6) is 0. The van der Waals surface area contributed by atoms with Crippen LogP contribution in [0.3, 0.4) is 0 Å². The Morgan fingerprint density at radius 3 is 1.72 bits per heavy atom. The SMILES string of the molecule is c1ccc2c(c1)-c1ccccc1C21c2ccccc2-c2ccc(-c3ccc4c(ccc5sc6ccccc6c54)c3)c3cccc1c23. The van der Waals surface area contributed by atoms with Crippen LogP contribution in [-0.4, -0.2) is 0 Å². The van der Waals surface area contributed by atoms with Crippen molar-refractivity contribution in [3.05, 3.63) is 180 Å². The van der Waals surface area contributed by atoms with Gasteiger partial charge in [0.05, 0.1) is 5.41 Å². The van der Waals surface area contributed by atoms with Crippen molar-refractivity contribution in [1.82, 2.24) is 0 Å². The van der Waals surface area contributed by atoms with E-state index in [2.05, 4.69) is 158 Å². The molecule has 0 atom stereocenters. The number of benzene rings is 8. The van der Waals surface area contributed by atoms with Gasteiger partial charge in [0.1, 0.15) is 0 Å². The van der Waals surface area contributed by atoms with Gasteiger partial charge in [-0.25, -0.2) is 0 Å². The summed E-state index contributed by atoms with van der Waals surface area (Å²) < 4.78 is 2.70. The normalized spacial score (nSPS) is 13.8. The van der Waals surface area contributed by atoms with Crippen LogP contribution in [0, 0.1) is 0 Å². The fraction of sp³-hybridized carbons (Fsp3) is 0.0222. The molecule has 0 amide bonds. The molecule has 0 saturated carbocycles. The van der Waals surface area contributed by atoms with Crippen molar-refractivity contribution in [3.8, 4) is 33.4 Å². The highest BCUT2D eigenvalue weighted by Gasteiger charge is 2.49. The van der Waals surface area contributed by atoms with Crippen LogP contribution in [0.25, 0.3) is 75.1 Å². The number of hydrogen-bond acceptors (Lipinski definition) is 1. The van der Waals surface area contributed by atoms with Gasteiger partial charge in [-0.15, -0.1) is 11.3 Å². The monoisotopic (exact) mass is 598 g/mol. The molecule has 0 aliphatic heterocycles. The summed E-state index contributed by atoms with van der Waals surface area (Å²) in [6, 6.07) is 59.5. The van der Waals surface area contributed by atoms with Crippen LogP contribution in [0.4, 0.5) is 0 Å². The molecule has 1 spiro atoms. The lowest BCUT2D eigenvalue weighted by Gasteiger charge is -2.40. The Bertz CT molecular complexity index is 2710. The van der Waals surface area contributed by atoms with Crippen LogP contribution >= 0.6 is 11.3 Å². The second-order valence-electron chi connectivity index (χ2n) is 12.7. The molecule has 0 saturated heterocycles. The van der Waals surface area contributed by atoms with Crippen LogP contribution in [-0.2, 0) is 5.41 Å². The molecule has 1 heteroatoms. The Hall–Kier alpha value is -5.50. The average Bonchev–Trinajstić information content (AvgIpc) is 3.65. The molecule has 0 N–H and O–H groups in total. The maximum atomic E-state index is 2.40. The van der Waals surface area contributed by atoms with Crippen LogP contribution in [0.15, 0.2) is 158 Å². The molecule has 0 bridgehead atoms. The third kappa shape index (κ3) is 2.95. The summed E-state index contributed by atoms with van der Waals surface area (Å²) in [6.45, 7) is 0. The van der Waals surface area contributed by atoms with Crippen LogP contribution < -0.4 is 0 Å². The van der Waals surface area contributed by atoms with Gasteiger partial charge in [-0.1, -0.05) is 140 Å². The minimum absolute atomic E-state index is 0.371. The summed E-state index contributed by atoms with van der Waals surface area (Å²) in [6.07, 6.45) is 0. The van der Waals surface area contributed by atoms with Gasteiger partial charge in [0.15, 0.2) is 0 Å². The van der Waals surface area contributed by atoms with Crippen molar-refractivity contribution >= 4 is 53.1 Å². The van der Waals surface area contributed by atoms with Crippen molar-refractivity contribution in [2.24, 2.45) is 0 Å². The minimum atomic E-state index is -0.371. The third-order valence-corrected chi connectivity index (χ3v) is 11.8. The first-order valence-electron chi connectivity index (χ1n) is 16.0. The lowest BCUT2D eigenvalue weighted by Crippen LogP contribution is -2.31. The van der Waals surface area contributed by atoms with Gasteiger partial charge in [0.2, 0.25) is 0 Å². The molecule has 212 valence electrons. The van der Waals surface area contributed by atoms with Gasteiger partial charge in [-0.05, 0) is 95.4 Å². The number of fused-ring (bicyclic) bond motifs is 14. The minimum Gasteiger partial charge on any atom is -0.135 e. The van der Waals surface area contributed by atoms with E-state index in [-0.39, 0.29) is 5.41 Å². The summed E-state index contributed by atoms with van der Waals surface area (Å²) >= 11 is 1.88. The zero-order chi connectivity index (χ0) is 30.0. The Labute approximate surface area is 270 Å². The zero-order valence-corrected chi connectivity index (χ0v) is 25.7. The van der Waals surface area contributed by atoms with E-state index >= 15 is 0 Å². The Kier molecular flexibility index (Phi) is 4.75. The summed E-state index contributed by atoms with van der Waals surface area (Å²) in [4.78, 5) is 0. The first-order valence-corrected chi connectivity index (χ1v) is 16.8. The molecule has 2 aliphatic carbocycles. The smallest absolute Gasteiger partial charge is 0.0725 e. The molecule has 9 aromatic rings. The van der Waals surface area contributed by atoms with Gasteiger partial charge >= 0.3 is 0 Å². The van der Waals surface area contributed by atoms with E-state index in [4.69, 9.17) is 0 Å². The van der Waals surface area contributed by atoms with Crippen LogP contribution in [0.2, 0.25) is 0 Å². The van der Waals surface area contributed by atoms with Crippen molar-refractivity contribution in [3.63, 3.8) is 0 Å². The quantitative estimate of drug-likeness (QED) is 0.176. The predicted octanol–water partition coefficient (Wildman–Crippen LogP) is 12.4. The summed E-state index contributed by atoms with van der Waals surface area (Å²) in [5, 5.41) is 8.02. The van der Waals surface area contributed by atoms with Crippen molar-refractivity contribution < 1.29 is 0 Å². The van der Waals surface area contributed by atoms with E-state index in [0.717, 1.165) is 0 Å². The maximum absolute atomic E-state index is 2.40. The van der Waals surface area contributed by atoms with Crippen molar-refractivity contribution in [2.45, 2.75) is 5.41 Å². The highest BCUT2D eigenvalue weighted by Crippen LogP contribution is 2.62. The topological polar surface area (TPSA) is 0 Å². The molecule has 8 aromatic carbocycles. The van der Waals surface area contributed by atoms with Gasteiger partial charge in [-0.3, -0.25) is 0 Å². The lowest BCUT2D eigenvalue weighted by molar-refractivity contribution is 0.773. The molecular weight excluding hydrogens is 573 g/mol. The van der Waals surface area contributed by atoms with Gasteiger partial charge < -0.3 is 0 Å². The number of thiophene rings is 1. The second kappa shape index (κ2) is 8.81. The molecule has 2 aliphatic rings. The Balaban J connectivity index is 1.22. The largest absolute Gasteiger partial charge is 0.135 e. The fourth-order valence-corrected chi connectivity index (χ4v) is 10.0. The molecule has 0 fully saturated rings. The maximum Gasteiger partial charge on any atom is 0.0725 e. The third-order valence-electron chi connectivity index (χ3n) is 10.7. The highest BCUT2D eigenvalue weighted by atomic mass is 32.1. The highest BCUT2D eigenvalue weighted by molar-refractivity contribution is 7.26. The van der Waals surface area contributed by atoms with E-state index < -0.39 is 0 Å². The molecular formula is C45H26S. The average molecular weight is 599 g/mol. The first-order chi connectivity index (χ1) is 22.8. The molecule has 46 heavy (non-hydrogen) atoms. The molecule has 0 nitrogen and oxygen atoms in total. The predicted molar refractivity (Wildman–Crippen MR) is 196 cm³/mol. The number of hydrogen-bond donors (Lipinski definition) is 0. The van der Waals surface area contributed by atoms with Crippen molar-refractivity contribution in [2.75, 3.05) is 0 Å². The van der Waals surface area contributed by atoms with E-state index in [1.165, 1.54) is 97.4 Å². The molecule has 0 radical (unpaired) electrons. The van der Waals surface area contributed by atoms with Crippen LogP contribution in [0.1, 0.15) is 22.3 Å². The Morgan fingerprint density at radius 1 is 0.348 bits per heavy atom. The summed E-state index contributed by atoms with van der Waals surface area (Å²) in [7, 11) is 0. The zero-order valence-electron chi connectivity index (χ0n) is 24.9. The molecule has 0 unspecified atom stereocenters. The van der Waals surface area contributed by atoms with Gasteiger partial charge in [-0.2, -0.15) is 0 Å². The summed E-state index contributed by atoms with van der Waals surface area (Å²) in [5.41, 5.74) is 13.0. The number of rotatable bonds is 1. The molecule has 1 aromatic heterocycles. The fourth-order valence-electron chi connectivity index (χ4n) is 8.92. The standard InChI is InChI=1S/C45H26S/c1-5-15-37-31(10-1)32-11-2-6-16-38(32)45(37)39-17-7-3-12-33(39)35-24-23-29(34-14-9-18-40(45)43(34)35)27-20-22-30-28(26-27)21-25-42-44(30)36-13-4-8-19-41(36)46-42/h1-26H. The Morgan fingerprint density at radius 2 is 0.957 bits per heavy atom. The van der Waals surface area contributed by atoms with Crippen molar-refractivity contribution in [1.29, 1.82) is 0 Å². The van der Waals surface area contributed by atoms with Gasteiger partial charge in [0.25, 0.3) is 0 Å². The van der Waals surface area contributed by atoms with Crippen LogP contribution in [0.5, 0.6) is 0 Å². The van der Waals surface area contributed by atoms with E-state index in [1.807, 2.05) is 11.3 Å². The van der Waals surface area contributed by atoms with E-state index in [9.17, 15) is 0 Å². The first kappa shape index (κ1) is 24.8. The van der Waals surface area contributed by atoms with E-state index in [1.54, 1.807) is 0 Å². The molecule has 1 heterocycles. The second-order valence-corrected chi connectivity index (χ2v) is 13.8. The van der Waals surface area contributed by atoms with Gasteiger partial charge in [0, 0.05) is 20.2 Å². The lowest BCUT2D eigenvalue weighted by atomic mass is 9.61. The van der Waals surface area contributed by atoms with E-state index in [0.29, 0.717) is 0 Å².